The van der Waals surface area contributed by atoms with Crippen molar-refractivity contribution >= 4 is 17.2 Å². The van der Waals surface area contributed by atoms with E-state index in [1.807, 2.05) is 12.3 Å². The molecule has 0 radical (unpaired) electrons. The molecule has 0 N–H and O–H groups in total. The number of alkyl halides is 3. The van der Waals surface area contributed by atoms with Gasteiger partial charge < -0.3 is 9.32 Å². The highest BCUT2D eigenvalue weighted by Crippen LogP contribution is 2.32. The number of halogens is 3. The minimum atomic E-state index is -4.34. The third kappa shape index (κ3) is 4.57. The van der Waals surface area contributed by atoms with E-state index in [4.69, 9.17) is 4.42 Å². The second-order valence-corrected chi connectivity index (χ2v) is 8.06. The molecule has 0 atom stereocenters. The van der Waals surface area contributed by atoms with E-state index in [9.17, 15) is 18.0 Å². The van der Waals surface area contributed by atoms with Crippen molar-refractivity contribution in [2.75, 3.05) is 26.2 Å². The van der Waals surface area contributed by atoms with E-state index in [1.54, 1.807) is 17.0 Å². The number of carbonyl (C=O) groups excluding carboxylic acids is 1. The highest BCUT2D eigenvalue weighted by atomic mass is 32.1. The zero-order valence-electron chi connectivity index (χ0n) is 16.3. The number of carbonyl (C=O) groups is 1. The molecule has 0 aliphatic carbocycles. The third-order valence-electron chi connectivity index (χ3n) is 5.01. The van der Waals surface area contributed by atoms with Crippen LogP contribution in [0.3, 0.4) is 0 Å². The van der Waals surface area contributed by atoms with E-state index in [0.29, 0.717) is 41.7 Å². The molecule has 1 aliphatic rings. The first kappa shape index (κ1) is 20.6. The monoisotopic (exact) mass is 435 g/mol. The van der Waals surface area contributed by atoms with Crippen molar-refractivity contribution < 1.29 is 22.4 Å². The van der Waals surface area contributed by atoms with Crippen LogP contribution in [-0.2, 0) is 12.7 Å². The van der Waals surface area contributed by atoms with Gasteiger partial charge in [0.15, 0.2) is 5.76 Å². The topological polar surface area (TPSA) is 49.6 Å². The number of benzene rings is 1. The summed E-state index contributed by atoms with van der Waals surface area (Å²) in [4.78, 5) is 21.0. The van der Waals surface area contributed by atoms with Crippen LogP contribution in [0, 0.1) is 6.92 Å². The first-order valence-electron chi connectivity index (χ1n) is 9.50. The van der Waals surface area contributed by atoms with E-state index in [1.165, 1.54) is 23.5 Å². The summed E-state index contributed by atoms with van der Waals surface area (Å²) in [5.41, 5.74) is 0.875. The van der Waals surface area contributed by atoms with E-state index in [0.717, 1.165) is 30.9 Å². The van der Waals surface area contributed by atoms with Gasteiger partial charge in [-0.25, -0.2) is 4.98 Å². The molecule has 0 unspecified atom stereocenters. The maximum atomic E-state index is 12.7. The van der Waals surface area contributed by atoms with Crippen molar-refractivity contribution in [2.24, 2.45) is 0 Å². The Kier molecular flexibility index (Phi) is 5.66. The predicted molar refractivity (Wildman–Crippen MR) is 107 cm³/mol. The molecule has 1 aromatic carbocycles. The molecule has 1 amide bonds. The van der Waals surface area contributed by atoms with Crippen molar-refractivity contribution in [3.63, 3.8) is 0 Å². The van der Waals surface area contributed by atoms with E-state index in [2.05, 4.69) is 9.88 Å². The molecule has 158 valence electrons. The lowest BCUT2D eigenvalue weighted by atomic mass is 10.1. The molecule has 3 aromatic rings. The maximum absolute atomic E-state index is 12.7. The number of aromatic nitrogens is 1. The zero-order valence-corrected chi connectivity index (χ0v) is 17.1. The molecular weight excluding hydrogens is 415 g/mol. The van der Waals surface area contributed by atoms with Gasteiger partial charge in [0, 0.05) is 43.7 Å². The number of amides is 1. The van der Waals surface area contributed by atoms with Gasteiger partial charge in [0.2, 0.25) is 0 Å². The second kappa shape index (κ2) is 8.23. The molecule has 5 nitrogen and oxygen atoms in total. The normalized spacial score (nSPS) is 15.5. The van der Waals surface area contributed by atoms with E-state index < -0.39 is 11.7 Å². The van der Waals surface area contributed by atoms with Crippen molar-refractivity contribution in [1.29, 1.82) is 0 Å². The molecule has 0 saturated carbocycles. The first-order chi connectivity index (χ1) is 14.3. The SMILES string of the molecule is Cc1ccc(C(=O)N2CCN(Cc3csc(-c4ccc(C(F)(F)F)cc4)n3)CC2)o1. The highest BCUT2D eigenvalue weighted by molar-refractivity contribution is 7.13. The van der Waals surface area contributed by atoms with Gasteiger partial charge in [-0.15, -0.1) is 11.3 Å². The molecule has 0 spiro atoms. The van der Waals surface area contributed by atoms with Gasteiger partial charge in [0.1, 0.15) is 10.8 Å². The number of piperazine rings is 1. The lowest BCUT2D eigenvalue weighted by Gasteiger charge is -2.33. The molecule has 1 fully saturated rings. The van der Waals surface area contributed by atoms with E-state index >= 15 is 0 Å². The Morgan fingerprint density at radius 2 is 1.80 bits per heavy atom. The van der Waals surface area contributed by atoms with Crippen LogP contribution >= 0.6 is 11.3 Å². The number of hydrogen-bond donors (Lipinski definition) is 0. The predicted octanol–water partition coefficient (Wildman–Crippen LogP) is 4.69. The van der Waals surface area contributed by atoms with E-state index in [-0.39, 0.29) is 5.91 Å². The van der Waals surface area contributed by atoms with Gasteiger partial charge in [-0.1, -0.05) is 12.1 Å². The molecule has 30 heavy (non-hydrogen) atoms. The molecule has 9 heteroatoms. The largest absolute Gasteiger partial charge is 0.456 e. The summed E-state index contributed by atoms with van der Waals surface area (Å²) in [6.07, 6.45) is -4.34. The Labute approximate surface area is 175 Å². The fourth-order valence-corrected chi connectivity index (χ4v) is 4.17. The summed E-state index contributed by atoms with van der Waals surface area (Å²) in [5, 5.41) is 2.62. The first-order valence-corrected chi connectivity index (χ1v) is 10.4. The summed E-state index contributed by atoms with van der Waals surface area (Å²) in [6.45, 7) is 5.10. The van der Waals surface area contributed by atoms with Gasteiger partial charge in [-0.05, 0) is 31.2 Å². The number of rotatable bonds is 4. The maximum Gasteiger partial charge on any atom is 0.416 e. The summed E-state index contributed by atoms with van der Waals surface area (Å²) in [5.74, 6) is 0.979. The van der Waals surface area contributed by atoms with Crippen LogP contribution in [0.4, 0.5) is 13.2 Å². The number of nitrogens with zero attached hydrogens (tertiary/aromatic N) is 3. The molecule has 4 rings (SSSR count). The summed E-state index contributed by atoms with van der Waals surface area (Å²) in [6, 6.07) is 8.53. The average molecular weight is 435 g/mol. The fourth-order valence-electron chi connectivity index (χ4n) is 3.36. The van der Waals surface area contributed by atoms with Crippen LogP contribution in [0.25, 0.3) is 10.6 Å². The smallest absolute Gasteiger partial charge is 0.416 e. The van der Waals surface area contributed by atoms with Crippen LogP contribution in [0.15, 0.2) is 46.2 Å². The molecule has 0 bridgehead atoms. The standard InChI is InChI=1S/C21H20F3N3O2S/c1-14-2-7-18(29-14)20(28)27-10-8-26(9-11-27)12-17-13-30-19(25-17)15-3-5-16(6-4-15)21(22,23)24/h2-7,13H,8-12H2,1H3. The lowest BCUT2D eigenvalue weighted by Crippen LogP contribution is -2.48. The average Bonchev–Trinajstić information content (AvgIpc) is 3.37. The van der Waals surface area contributed by atoms with Gasteiger partial charge in [-0.3, -0.25) is 9.69 Å². The number of thiazole rings is 1. The Hall–Kier alpha value is -2.65. The quantitative estimate of drug-likeness (QED) is 0.597. The summed E-state index contributed by atoms with van der Waals surface area (Å²) >= 11 is 1.41. The van der Waals surface area contributed by atoms with Gasteiger partial charge in [0.25, 0.3) is 5.91 Å². The number of furan rings is 1. The van der Waals surface area contributed by atoms with Gasteiger partial charge in [0.05, 0.1) is 11.3 Å². The van der Waals surface area contributed by atoms with Gasteiger partial charge in [-0.2, -0.15) is 13.2 Å². The third-order valence-corrected chi connectivity index (χ3v) is 5.95. The second-order valence-electron chi connectivity index (χ2n) is 7.20. The van der Waals surface area contributed by atoms with Crippen molar-refractivity contribution in [3.8, 4) is 10.6 Å². The number of aryl methyl sites for hydroxylation is 1. The van der Waals surface area contributed by atoms with Crippen LogP contribution in [0.5, 0.6) is 0 Å². The minimum Gasteiger partial charge on any atom is -0.456 e. The van der Waals surface area contributed by atoms with Crippen LogP contribution in [0.2, 0.25) is 0 Å². The van der Waals surface area contributed by atoms with Crippen molar-refractivity contribution in [2.45, 2.75) is 19.6 Å². The summed E-state index contributed by atoms with van der Waals surface area (Å²) < 4.78 is 43.6. The Bertz CT molecular complexity index is 1020. The van der Waals surface area contributed by atoms with Crippen LogP contribution in [0.1, 0.15) is 27.6 Å². The Morgan fingerprint density at radius 3 is 2.40 bits per heavy atom. The fraction of sp³-hybridized carbons (Fsp3) is 0.333. The van der Waals surface area contributed by atoms with Gasteiger partial charge >= 0.3 is 6.18 Å². The zero-order chi connectivity index (χ0) is 21.3. The highest BCUT2D eigenvalue weighted by Gasteiger charge is 2.30. The lowest BCUT2D eigenvalue weighted by molar-refractivity contribution is -0.137. The van der Waals surface area contributed by atoms with Crippen molar-refractivity contribution in [1.82, 2.24) is 14.8 Å². The molecule has 1 aliphatic heterocycles. The molecule has 3 heterocycles. The van der Waals surface area contributed by atoms with Crippen LogP contribution < -0.4 is 0 Å². The van der Waals surface area contributed by atoms with Crippen LogP contribution in [-0.4, -0.2) is 46.9 Å². The van der Waals surface area contributed by atoms with Crippen molar-refractivity contribution in [3.05, 3.63) is 64.6 Å². The summed E-state index contributed by atoms with van der Waals surface area (Å²) in [7, 11) is 0. The Balaban J connectivity index is 1.33. The molecular formula is C21H20F3N3O2S. The molecule has 1 saturated heterocycles. The molecule has 2 aromatic heterocycles. The number of hydrogen-bond acceptors (Lipinski definition) is 5. The minimum absolute atomic E-state index is 0.0963. The Morgan fingerprint density at radius 1 is 1.10 bits per heavy atom.